The number of amides is 1. The van der Waals surface area contributed by atoms with Gasteiger partial charge in [0.1, 0.15) is 6.56 Å². The second-order valence-electron chi connectivity index (χ2n) is 3.79. The van der Waals surface area contributed by atoms with Crippen LogP contribution in [-0.2, 0) is 9.53 Å². The predicted molar refractivity (Wildman–Crippen MR) is 74.8 cm³/mol. The zero-order valence-corrected chi connectivity index (χ0v) is 10.6. The van der Waals surface area contributed by atoms with Crippen molar-refractivity contribution in [3.8, 4) is 0 Å². The van der Waals surface area contributed by atoms with Crippen molar-refractivity contribution in [1.82, 2.24) is 0 Å². The number of carbonyl (C=O) groups excluding carboxylic acids is 1. The molecular formula is C13H17ClN2O3. The summed E-state index contributed by atoms with van der Waals surface area (Å²) in [5, 5.41) is 12.3. The van der Waals surface area contributed by atoms with Crippen LogP contribution in [0.4, 0.5) is 11.4 Å². The Morgan fingerprint density at radius 1 is 1.53 bits per heavy atom. The van der Waals surface area contributed by atoms with Crippen LogP contribution < -0.4 is 10.2 Å². The molecule has 1 fully saturated rings. The Kier molecular flexibility index (Phi) is 2.87. The van der Waals surface area contributed by atoms with Gasteiger partial charge in [0, 0.05) is 24.4 Å². The molecule has 1 aliphatic heterocycles. The summed E-state index contributed by atoms with van der Waals surface area (Å²) in [6.07, 6.45) is -0.754. The number of alkyl halides is 1. The molecule has 1 aromatic carbocycles. The van der Waals surface area contributed by atoms with Crippen LogP contribution in [0.15, 0.2) is 24.3 Å². The van der Waals surface area contributed by atoms with Crippen molar-refractivity contribution >= 4 is 28.9 Å². The lowest BCUT2D eigenvalue weighted by Crippen LogP contribution is -2.41. The number of ether oxygens (including phenoxy) is 1. The number of rotatable bonds is 5. The maximum Gasteiger partial charge on any atom is 0.253 e. The lowest BCUT2D eigenvalue weighted by atomic mass is 10.2. The number of morpholine rings is 1. The van der Waals surface area contributed by atoms with E-state index < -0.39 is 31.6 Å². The molecular weight excluding hydrogens is 268 g/mol. The van der Waals surface area contributed by atoms with Gasteiger partial charge < -0.3 is 20.1 Å². The monoisotopic (exact) mass is 290 g/mol. The number of carbonyl (C=O) groups is 1. The number of nitrogens with one attached hydrogen (secondary N) is 1. The summed E-state index contributed by atoms with van der Waals surface area (Å²) in [5.41, 5.74) is 0.523. The van der Waals surface area contributed by atoms with Gasteiger partial charge in [0.05, 0.1) is 26.8 Å². The van der Waals surface area contributed by atoms with Gasteiger partial charge in [-0.2, -0.15) is 0 Å². The number of hydrogen-bond donors (Lipinski definition) is 2. The molecule has 2 rings (SSSR count). The van der Waals surface area contributed by atoms with Crippen molar-refractivity contribution in [1.29, 1.82) is 0 Å². The van der Waals surface area contributed by atoms with Gasteiger partial charge in [-0.25, -0.2) is 0 Å². The van der Waals surface area contributed by atoms with E-state index in [9.17, 15) is 9.90 Å². The molecule has 0 aromatic heterocycles. The molecule has 5 nitrogen and oxygen atoms in total. The molecule has 1 amide bonds. The zero-order valence-electron chi connectivity index (χ0n) is 15.9. The second-order valence-corrected chi connectivity index (χ2v) is 4.10. The van der Waals surface area contributed by atoms with E-state index in [0.29, 0.717) is 10.6 Å². The van der Waals surface area contributed by atoms with E-state index >= 15 is 0 Å². The Bertz CT molecular complexity index is 643. The molecule has 0 saturated carbocycles. The van der Waals surface area contributed by atoms with Crippen molar-refractivity contribution in [3.63, 3.8) is 0 Å². The van der Waals surface area contributed by atoms with Gasteiger partial charge in [-0.15, -0.1) is 11.6 Å². The first-order valence-electron chi connectivity index (χ1n) is 8.55. The molecule has 0 bridgehead atoms. The average Bonchev–Trinajstić information content (AvgIpc) is 2.51. The molecule has 0 unspecified atom stereocenters. The summed E-state index contributed by atoms with van der Waals surface area (Å²) in [6.45, 7) is -8.78. The highest BCUT2D eigenvalue weighted by molar-refractivity contribution is 6.18. The third-order valence-corrected chi connectivity index (χ3v) is 2.75. The highest BCUT2D eigenvalue weighted by Crippen LogP contribution is 2.19. The van der Waals surface area contributed by atoms with Crippen LogP contribution in [0.5, 0.6) is 0 Å². The van der Waals surface area contributed by atoms with E-state index in [0.717, 1.165) is 0 Å². The fourth-order valence-corrected chi connectivity index (χ4v) is 1.54. The van der Waals surface area contributed by atoms with E-state index in [-0.39, 0.29) is 18.1 Å². The maximum atomic E-state index is 12.2. The summed E-state index contributed by atoms with van der Waals surface area (Å²) < 4.78 is 50.4. The van der Waals surface area contributed by atoms with Gasteiger partial charge in [-0.3, -0.25) is 4.79 Å². The first-order valence-corrected chi connectivity index (χ1v) is 6.08. The Hall–Kier alpha value is -1.30. The van der Waals surface area contributed by atoms with Crippen LogP contribution in [0.2, 0.25) is 0 Å². The van der Waals surface area contributed by atoms with Gasteiger partial charge in [0.25, 0.3) is 5.91 Å². The minimum absolute atomic E-state index is 0.0329. The van der Waals surface area contributed by atoms with Gasteiger partial charge in [0.15, 0.2) is 0 Å². The Morgan fingerprint density at radius 3 is 2.95 bits per heavy atom. The number of anilines is 2. The van der Waals surface area contributed by atoms with Crippen molar-refractivity contribution in [2.75, 3.05) is 42.3 Å². The molecule has 19 heavy (non-hydrogen) atoms. The maximum absolute atomic E-state index is 12.2. The average molecular weight is 291 g/mol. The van der Waals surface area contributed by atoms with Crippen LogP contribution in [0, 0.1) is 0 Å². The first-order chi connectivity index (χ1) is 11.4. The summed E-state index contributed by atoms with van der Waals surface area (Å²) in [4.78, 5) is 12.7. The largest absolute Gasteiger partial charge is 0.390 e. The fourth-order valence-electron chi connectivity index (χ4n) is 1.43. The summed E-state index contributed by atoms with van der Waals surface area (Å²) in [6, 6.07) is 5.64. The molecule has 1 heterocycles. The van der Waals surface area contributed by atoms with E-state index in [2.05, 4.69) is 10.1 Å². The van der Waals surface area contributed by atoms with Gasteiger partial charge in [-0.1, -0.05) is 0 Å². The third-order valence-electron chi connectivity index (χ3n) is 2.40. The lowest BCUT2D eigenvalue weighted by molar-refractivity contribution is -0.125. The molecule has 1 atom stereocenters. The molecule has 6 heteroatoms. The topological polar surface area (TPSA) is 61.8 Å². The van der Waals surface area contributed by atoms with E-state index in [1.807, 2.05) is 0 Å². The zero-order chi connectivity index (χ0) is 19.0. The molecule has 0 aliphatic carbocycles. The van der Waals surface area contributed by atoms with Gasteiger partial charge in [0.2, 0.25) is 0 Å². The van der Waals surface area contributed by atoms with Crippen molar-refractivity contribution in [3.05, 3.63) is 24.3 Å². The van der Waals surface area contributed by atoms with Gasteiger partial charge in [-0.05, 0) is 24.3 Å². The number of halogens is 1. The normalized spacial score (nSPS) is 30.0. The minimum atomic E-state index is -3.05. The highest BCUT2D eigenvalue weighted by atomic mass is 35.5. The summed E-state index contributed by atoms with van der Waals surface area (Å²) >= 11 is 5.49. The fraction of sp³-hybridized carbons (Fsp3) is 0.462. The Morgan fingerprint density at radius 2 is 2.26 bits per heavy atom. The second kappa shape index (κ2) is 6.75. The number of nitrogens with zero attached hydrogens (tertiary/aromatic N) is 1. The minimum Gasteiger partial charge on any atom is -0.390 e. The van der Waals surface area contributed by atoms with Crippen molar-refractivity contribution < 1.29 is 22.9 Å². The number of aliphatic hydroxyl groups excluding tert-OH is 1. The smallest absolute Gasteiger partial charge is 0.253 e. The number of hydrogen-bond acceptors (Lipinski definition) is 4. The molecule has 1 aromatic rings. The standard InChI is InChI=1S/C13H17ClN2O3/c14-7-12(17)8-15-10-1-3-11(4-2-10)16-5-6-19-9-13(16)18/h1-4,12,15,17H,5-9H2/t12-/m0/s1/i5D2,6D2,9D2. The van der Waals surface area contributed by atoms with Crippen LogP contribution in [0.25, 0.3) is 0 Å². The van der Waals surface area contributed by atoms with E-state index in [1.54, 1.807) is 0 Å². The van der Waals surface area contributed by atoms with Crippen molar-refractivity contribution in [2.24, 2.45) is 0 Å². The molecule has 1 saturated heterocycles. The summed E-state index contributed by atoms with van der Waals surface area (Å²) in [5.74, 6) is -1.29. The molecule has 0 radical (unpaired) electrons. The van der Waals surface area contributed by atoms with Crippen LogP contribution in [0.1, 0.15) is 8.22 Å². The summed E-state index contributed by atoms with van der Waals surface area (Å²) in [7, 11) is 0. The van der Waals surface area contributed by atoms with E-state index in [1.165, 1.54) is 24.3 Å². The van der Waals surface area contributed by atoms with Crippen LogP contribution in [0.3, 0.4) is 0 Å². The number of aliphatic hydroxyl groups is 1. The molecule has 2 N–H and O–H groups in total. The Labute approximate surface area is 125 Å². The first kappa shape index (κ1) is 8.09. The van der Waals surface area contributed by atoms with Crippen molar-refractivity contribution in [2.45, 2.75) is 6.10 Å². The molecule has 104 valence electrons. The third kappa shape index (κ3) is 3.83. The van der Waals surface area contributed by atoms with Crippen LogP contribution >= 0.6 is 11.6 Å². The van der Waals surface area contributed by atoms with Gasteiger partial charge >= 0.3 is 0 Å². The SMILES string of the molecule is [2H]C1([2H])OC([2H])([2H])C([2H])([2H])N(c2ccc(NC[C@@H](O)CCl)cc2)C1=O. The molecule has 0 spiro atoms. The van der Waals surface area contributed by atoms with Crippen LogP contribution in [-0.4, -0.2) is 49.2 Å². The Balaban J connectivity index is 2.30. The van der Waals surface area contributed by atoms with E-state index in [4.69, 9.17) is 19.8 Å². The highest BCUT2D eigenvalue weighted by Gasteiger charge is 2.19. The predicted octanol–water partition coefficient (Wildman–Crippen LogP) is 1.06. The molecule has 1 aliphatic rings. The lowest BCUT2D eigenvalue weighted by Gasteiger charge is -2.27. The quantitative estimate of drug-likeness (QED) is 0.796. The number of benzene rings is 1.